The second-order valence-corrected chi connectivity index (χ2v) is 5.82. The Kier molecular flexibility index (Phi) is 4.56. The highest BCUT2D eigenvalue weighted by Crippen LogP contribution is 2.32. The number of carbonyl (C=O) groups excluding carboxylic acids is 2. The first-order valence-corrected chi connectivity index (χ1v) is 7.87. The molecule has 0 bridgehead atoms. The summed E-state index contributed by atoms with van der Waals surface area (Å²) in [4.78, 5) is 23.9. The predicted molar refractivity (Wildman–Crippen MR) is 93.3 cm³/mol. The lowest BCUT2D eigenvalue weighted by atomic mass is 10.2. The summed E-state index contributed by atoms with van der Waals surface area (Å²) in [5, 5.41) is 8.52. The van der Waals surface area contributed by atoms with Gasteiger partial charge >= 0.3 is 0 Å². The lowest BCUT2D eigenvalue weighted by molar-refractivity contribution is -0.122. The lowest BCUT2D eigenvalue weighted by Crippen LogP contribution is -2.34. The summed E-state index contributed by atoms with van der Waals surface area (Å²) >= 11 is 0. The van der Waals surface area contributed by atoms with E-state index in [0.717, 1.165) is 0 Å². The van der Waals surface area contributed by atoms with Gasteiger partial charge in [-0.2, -0.15) is 0 Å². The van der Waals surface area contributed by atoms with Crippen molar-refractivity contribution < 1.29 is 18.7 Å². The predicted octanol–water partition coefficient (Wildman–Crippen LogP) is 2.98. The molecule has 0 radical (unpaired) electrons. The van der Waals surface area contributed by atoms with Gasteiger partial charge in [-0.05, 0) is 56.3 Å². The van der Waals surface area contributed by atoms with Crippen LogP contribution in [0.1, 0.15) is 13.8 Å². The number of amides is 2. The van der Waals surface area contributed by atoms with E-state index in [1.165, 1.54) is 24.3 Å². The van der Waals surface area contributed by atoms with Crippen LogP contribution in [0.4, 0.5) is 21.5 Å². The van der Waals surface area contributed by atoms with Crippen molar-refractivity contribution in [3.8, 4) is 5.75 Å². The van der Waals surface area contributed by atoms with Gasteiger partial charge in [0.2, 0.25) is 5.91 Å². The maximum absolute atomic E-state index is 12.9. The topological polar surface area (TPSA) is 79.5 Å². The monoisotopic (exact) mass is 343 g/mol. The van der Waals surface area contributed by atoms with E-state index >= 15 is 0 Å². The molecule has 2 atom stereocenters. The Hall–Kier alpha value is -3.09. The van der Waals surface area contributed by atoms with Crippen LogP contribution in [-0.2, 0) is 9.59 Å². The minimum atomic E-state index is -0.540. The summed E-state index contributed by atoms with van der Waals surface area (Å²) in [5.41, 5.74) is 1.73. The Balaban J connectivity index is 1.65. The summed E-state index contributed by atoms with van der Waals surface area (Å²) in [7, 11) is 0. The Bertz CT molecular complexity index is 808. The van der Waals surface area contributed by atoms with Crippen molar-refractivity contribution in [3.63, 3.8) is 0 Å². The summed E-state index contributed by atoms with van der Waals surface area (Å²) in [6.07, 6.45) is -0.535. The van der Waals surface area contributed by atoms with E-state index < -0.39 is 12.1 Å². The molecule has 25 heavy (non-hydrogen) atoms. The molecular weight excluding hydrogens is 325 g/mol. The molecule has 2 aromatic rings. The lowest BCUT2D eigenvalue weighted by Gasteiger charge is -2.24. The first-order valence-electron chi connectivity index (χ1n) is 7.87. The highest BCUT2D eigenvalue weighted by atomic mass is 19.1. The molecular formula is C18H18FN3O3. The minimum absolute atomic E-state index is 0.216. The van der Waals surface area contributed by atoms with Crippen LogP contribution in [0.25, 0.3) is 0 Å². The van der Waals surface area contributed by atoms with Crippen LogP contribution in [0.15, 0.2) is 42.5 Å². The van der Waals surface area contributed by atoms with Gasteiger partial charge < -0.3 is 20.7 Å². The summed E-state index contributed by atoms with van der Waals surface area (Å²) in [6.45, 7) is 3.38. The maximum atomic E-state index is 12.9. The van der Waals surface area contributed by atoms with Gasteiger partial charge in [0.05, 0.1) is 5.69 Å². The molecule has 130 valence electrons. The van der Waals surface area contributed by atoms with Crippen molar-refractivity contribution in [2.75, 3.05) is 16.0 Å². The zero-order chi connectivity index (χ0) is 18.0. The fourth-order valence-electron chi connectivity index (χ4n) is 2.40. The molecule has 3 N–H and O–H groups in total. The fraction of sp³-hybridized carbons (Fsp3) is 0.222. The van der Waals surface area contributed by atoms with Gasteiger partial charge in [0.15, 0.2) is 6.10 Å². The zero-order valence-corrected chi connectivity index (χ0v) is 13.8. The van der Waals surface area contributed by atoms with Crippen molar-refractivity contribution in [3.05, 3.63) is 48.3 Å². The summed E-state index contributed by atoms with van der Waals surface area (Å²) in [5.74, 6) is -0.261. The molecule has 0 saturated carbocycles. The Morgan fingerprint density at radius 2 is 1.88 bits per heavy atom. The van der Waals surface area contributed by atoms with Gasteiger partial charge in [0, 0.05) is 11.4 Å². The summed E-state index contributed by atoms with van der Waals surface area (Å²) in [6, 6.07) is 10.2. The Morgan fingerprint density at radius 3 is 2.60 bits per heavy atom. The first kappa shape index (κ1) is 16.8. The van der Waals surface area contributed by atoms with Gasteiger partial charge in [0.1, 0.15) is 17.6 Å². The van der Waals surface area contributed by atoms with Crippen LogP contribution < -0.4 is 20.7 Å². The highest BCUT2D eigenvalue weighted by molar-refractivity contribution is 5.99. The van der Waals surface area contributed by atoms with Gasteiger partial charge in [-0.25, -0.2) is 4.39 Å². The molecule has 6 nitrogen and oxygen atoms in total. The number of benzene rings is 2. The van der Waals surface area contributed by atoms with Gasteiger partial charge in [0.25, 0.3) is 5.91 Å². The van der Waals surface area contributed by atoms with E-state index in [9.17, 15) is 14.0 Å². The molecule has 0 fully saturated rings. The minimum Gasteiger partial charge on any atom is -0.479 e. The molecule has 2 amide bonds. The molecule has 0 spiro atoms. The molecule has 2 aromatic carbocycles. The SMILES string of the molecule is C[C@H](Nc1ccc2c(c1)NC(=O)[C@H](C)O2)C(=O)Nc1ccc(F)cc1. The van der Waals surface area contributed by atoms with Crippen molar-refractivity contribution in [2.45, 2.75) is 26.0 Å². The number of hydrogen-bond donors (Lipinski definition) is 3. The number of hydrogen-bond acceptors (Lipinski definition) is 4. The van der Waals surface area contributed by atoms with Crippen LogP contribution in [-0.4, -0.2) is 24.0 Å². The van der Waals surface area contributed by atoms with E-state index in [0.29, 0.717) is 22.8 Å². The highest BCUT2D eigenvalue weighted by Gasteiger charge is 2.24. The smallest absolute Gasteiger partial charge is 0.265 e. The van der Waals surface area contributed by atoms with Crippen molar-refractivity contribution in [1.82, 2.24) is 0 Å². The number of carbonyl (C=O) groups is 2. The van der Waals surface area contributed by atoms with E-state index in [-0.39, 0.29) is 17.6 Å². The van der Waals surface area contributed by atoms with E-state index in [1.807, 2.05) is 0 Å². The molecule has 1 aliphatic rings. The third kappa shape index (κ3) is 3.88. The van der Waals surface area contributed by atoms with Gasteiger partial charge in [-0.1, -0.05) is 0 Å². The van der Waals surface area contributed by atoms with Crippen LogP contribution in [0.3, 0.4) is 0 Å². The third-order valence-electron chi connectivity index (χ3n) is 3.80. The van der Waals surface area contributed by atoms with Crippen LogP contribution >= 0.6 is 0 Å². The quantitative estimate of drug-likeness (QED) is 0.797. The third-order valence-corrected chi connectivity index (χ3v) is 3.80. The Morgan fingerprint density at radius 1 is 1.20 bits per heavy atom. The van der Waals surface area contributed by atoms with Crippen molar-refractivity contribution >= 4 is 28.9 Å². The van der Waals surface area contributed by atoms with Gasteiger partial charge in [-0.15, -0.1) is 0 Å². The molecule has 3 rings (SSSR count). The number of ether oxygens (including phenoxy) is 1. The van der Waals surface area contributed by atoms with Gasteiger partial charge in [-0.3, -0.25) is 9.59 Å². The standard InChI is InChI=1S/C18H18FN3O3/c1-10(17(23)21-13-5-3-12(19)4-6-13)20-14-7-8-16-15(9-14)22-18(24)11(2)25-16/h3-11,20H,1-2H3,(H,21,23)(H,22,24)/t10-,11-/m0/s1. The summed E-state index contributed by atoms with van der Waals surface area (Å²) < 4.78 is 18.4. The second kappa shape index (κ2) is 6.80. The number of anilines is 3. The molecule has 1 heterocycles. The molecule has 0 aliphatic carbocycles. The van der Waals surface area contributed by atoms with Crippen molar-refractivity contribution in [2.24, 2.45) is 0 Å². The number of nitrogens with one attached hydrogen (secondary N) is 3. The van der Waals surface area contributed by atoms with E-state index in [1.54, 1.807) is 32.0 Å². The second-order valence-electron chi connectivity index (χ2n) is 5.82. The van der Waals surface area contributed by atoms with Crippen LogP contribution in [0.2, 0.25) is 0 Å². The van der Waals surface area contributed by atoms with Crippen LogP contribution in [0.5, 0.6) is 5.75 Å². The van der Waals surface area contributed by atoms with E-state index in [4.69, 9.17) is 4.74 Å². The average molecular weight is 343 g/mol. The molecule has 0 aromatic heterocycles. The molecule has 7 heteroatoms. The average Bonchev–Trinajstić information content (AvgIpc) is 2.58. The number of fused-ring (bicyclic) bond motifs is 1. The number of halogens is 1. The number of rotatable bonds is 4. The first-order chi connectivity index (χ1) is 11.9. The molecule has 1 aliphatic heterocycles. The fourth-order valence-corrected chi connectivity index (χ4v) is 2.40. The van der Waals surface area contributed by atoms with Crippen LogP contribution in [0, 0.1) is 5.82 Å². The maximum Gasteiger partial charge on any atom is 0.265 e. The molecule has 0 unspecified atom stereocenters. The largest absolute Gasteiger partial charge is 0.479 e. The Labute approximate surface area is 144 Å². The zero-order valence-electron chi connectivity index (χ0n) is 13.8. The van der Waals surface area contributed by atoms with Crippen molar-refractivity contribution in [1.29, 1.82) is 0 Å². The molecule has 0 saturated heterocycles. The van der Waals surface area contributed by atoms with E-state index in [2.05, 4.69) is 16.0 Å². The normalized spacial score (nSPS) is 16.9.